The molecule has 3 nitrogen and oxygen atoms in total. The van der Waals surface area contributed by atoms with E-state index in [0.717, 1.165) is 12.8 Å². The lowest BCUT2D eigenvalue weighted by Crippen LogP contribution is -2.21. The van der Waals surface area contributed by atoms with Crippen molar-refractivity contribution < 1.29 is 14.3 Å². The fraction of sp³-hybridized carbons (Fsp3) is 0.417. The molecule has 3 heteroatoms. The summed E-state index contributed by atoms with van der Waals surface area (Å²) in [6.07, 6.45) is 1.64. The number of hydrogen-bond donors (Lipinski definition) is 0. The van der Waals surface area contributed by atoms with Gasteiger partial charge in [0.05, 0.1) is 0 Å². The molecule has 0 amide bonds. The molecule has 0 bridgehead atoms. The molecule has 0 heterocycles. The summed E-state index contributed by atoms with van der Waals surface area (Å²) in [4.78, 5) is 11.2. The molecule has 0 spiro atoms. The molecule has 80 valence electrons. The Morgan fingerprint density at radius 1 is 1.33 bits per heavy atom. The van der Waals surface area contributed by atoms with Crippen LogP contribution in [0.4, 0.5) is 0 Å². The highest BCUT2D eigenvalue weighted by Crippen LogP contribution is 2.23. The smallest absolute Gasteiger partial charge is 0.332 e. The predicted octanol–water partition coefficient (Wildman–Crippen LogP) is 1.34. The molecule has 0 radical (unpaired) electrons. The number of carbonyl (C=O) groups is 1. The Kier molecular flexibility index (Phi) is 3.02. The summed E-state index contributed by atoms with van der Waals surface area (Å²) in [7, 11) is 1.49. The van der Waals surface area contributed by atoms with Crippen molar-refractivity contribution in [3.63, 3.8) is 0 Å². The van der Waals surface area contributed by atoms with Crippen LogP contribution in [0.5, 0.6) is 0 Å². The molecular formula is C12H14O3. The number of carbonyl (C=O) groups excluding carboxylic acids is 1. The highest BCUT2D eigenvalue weighted by molar-refractivity contribution is 5.71. The molecule has 0 aromatic heterocycles. The fourth-order valence-corrected chi connectivity index (χ4v) is 1.94. The number of fused-ring (bicyclic) bond motifs is 1. The Labute approximate surface area is 89.0 Å². The van der Waals surface area contributed by atoms with Crippen molar-refractivity contribution in [1.82, 2.24) is 0 Å². The highest BCUT2D eigenvalue weighted by Gasteiger charge is 2.23. The van der Waals surface area contributed by atoms with Crippen molar-refractivity contribution in [1.29, 1.82) is 0 Å². The van der Waals surface area contributed by atoms with E-state index in [1.807, 2.05) is 12.1 Å². The second kappa shape index (κ2) is 4.45. The van der Waals surface area contributed by atoms with Gasteiger partial charge in [0, 0.05) is 20.0 Å². The third-order valence-electron chi connectivity index (χ3n) is 2.57. The molecule has 2 rings (SSSR count). The third-order valence-corrected chi connectivity index (χ3v) is 2.57. The van der Waals surface area contributed by atoms with Gasteiger partial charge >= 0.3 is 5.97 Å². The maximum atomic E-state index is 11.2. The quantitative estimate of drug-likeness (QED) is 0.700. The molecule has 0 saturated heterocycles. The van der Waals surface area contributed by atoms with Gasteiger partial charge in [0.25, 0.3) is 0 Å². The van der Waals surface area contributed by atoms with E-state index in [-0.39, 0.29) is 18.7 Å². The first-order valence-corrected chi connectivity index (χ1v) is 5.05. The van der Waals surface area contributed by atoms with Crippen molar-refractivity contribution in [2.24, 2.45) is 0 Å². The summed E-state index contributed by atoms with van der Waals surface area (Å²) < 4.78 is 9.99. The van der Waals surface area contributed by atoms with Crippen molar-refractivity contribution in [2.75, 3.05) is 13.7 Å². The van der Waals surface area contributed by atoms with Gasteiger partial charge in [-0.1, -0.05) is 24.3 Å². The standard InChI is InChI=1S/C12H14O3/c1-14-8-12(13)15-11-6-9-4-2-3-5-10(9)7-11/h2-5,11H,6-8H2,1H3. The maximum Gasteiger partial charge on any atom is 0.332 e. The number of esters is 1. The molecule has 1 aliphatic carbocycles. The normalized spacial score (nSPS) is 15.0. The SMILES string of the molecule is COCC(=O)OC1Cc2ccccc2C1. The summed E-state index contributed by atoms with van der Waals surface area (Å²) in [5.74, 6) is -0.282. The van der Waals surface area contributed by atoms with Crippen molar-refractivity contribution >= 4 is 5.97 Å². The zero-order valence-corrected chi connectivity index (χ0v) is 8.73. The van der Waals surface area contributed by atoms with Gasteiger partial charge in [-0.3, -0.25) is 0 Å². The summed E-state index contributed by atoms with van der Waals surface area (Å²) in [6.45, 7) is 0.0346. The van der Waals surface area contributed by atoms with Crippen LogP contribution < -0.4 is 0 Å². The second-order valence-electron chi connectivity index (χ2n) is 3.72. The zero-order valence-electron chi connectivity index (χ0n) is 8.73. The first-order chi connectivity index (χ1) is 7.29. The van der Waals surface area contributed by atoms with Crippen molar-refractivity contribution in [2.45, 2.75) is 18.9 Å². The molecule has 0 N–H and O–H groups in total. The number of benzene rings is 1. The van der Waals surface area contributed by atoms with Crippen LogP contribution in [0.25, 0.3) is 0 Å². The molecule has 1 aliphatic rings. The lowest BCUT2D eigenvalue weighted by Gasteiger charge is -2.10. The number of ether oxygens (including phenoxy) is 2. The summed E-state index contributed by atoms with van der Waals surface area (Å²) in [5.41, 5.74) is 2.57. The van der Waals surface area contributed by atoms with Gasteiger partial charge in [0.15, 0.2) is 0 Å². The van der Waals surface area contributed by atoms with Gasteiger partial charge in [0.2, 0.25) is 0 Å². The average molecular weight is 206 g/mol. The van der Waals surface area contributed by atoms with Gasteiger partial charge in [-0.25, -0.2) is 4.79 Å². The molecule has 1 aromatic rings. The first kappa shape index (κ1) is 10.2. The Balaban J connectivity index is 1.93. The van der Waals surface area contributed by atoms with Crippen LogP contribution in [0.3, 0.4) is 0 Å². The monoisotopic (exact) mass is 206 g/mol. The molecule has 0 fully saturated rings. The van der Waals surface area contributed by atoms with Gasteiger partial charge in [-0.15, -0.1) is 0 Å². The van der Waals surface area contributed by atoms with Crippen LogP contribution >= 0.6 is 0 Å². The second-order valence-corrected chi connectivity index (χ2v) is 3.72. The minimum absolute atomic E-state index is 0.00921. The number of methoxy groups -OCH3 is 1. The molecule has 1 aromatic carbocycles. The predicted molar refractivity (Wildman–Crippen MR) is 55.6 cm³/mol. The lowest BCUT2D eigenvalue weighted by molar-refractivity contribution is -0.152. The van der Waals surface area contributed by atoms with E-state index < -0.39 is 0 Å². The molecule has 0 unspecified atom stereocenters. The average Bonchev–Trinajstić information content (AvgIpc) is 2.59. The Bertz CT molecular complexity index is 335. The van der Waals surface area contributed by atoms with Crippen molar-refractivity contribution in [3.05, 3.63) is 35.4 Å². The molecule has 0 atom stereocenters. The number of rotatable bonds is 3. The molecular weight excluding hydrogens is 192 g/mol. The van der Waals surface area contributed by atoms with Gasteiger partial charge in [-0.05, 0) is 11.1 Å². The van der Waals surface area contributed by atoms with E-state index in [9.17, 15) is 4.79 Å². The van der Waals surface area contributed by atoms with Crippen LogP contribution in [0.1, 0.15) is 11.1 Å². The minimum atomic E-state index is -0.282. The third kappa shape index (κ3) is 2.36. The number of hydrogen-bond acceptors (Lipinski definition) is 3. The van der Waals surface area contributed by atoms with E-state index >= 15 is 0 Å². The highest BCUT2D eigenvalue weighted by atomic mass is 16.6. The van der Waals surface area contributed by atoms with Crippen LogP contribution in [-0.2, 0) is 27.1 Å². The largest absolute Gasteiger partial charge is 0.460 e. The summed E-state index contributed by atoms with van der Waals surface area (Å²) >= 11 is 0. The lowest BCUT2D eigenvalue weighted by atomic mass is 10.1. The van der Waals surface area contributed by atoms with E-state index in [2.05, 4.69) is 12.1 Å². The minimum Gasteiger partial charge on any atom is -0.460 e. The Morgan fingerprint density at radius 3 is 2.47 bits per heavy atom. The maximum absolute atomic E-state index is 11.2. The fourth-order valence-electron chi connectivity index (χ4n) is 1.94. The van der Waals surface area contributed by atoms with Crippen LogP contribution in [0.2, 0.25) is 0 Å². The van der Waals surface area contributed by atoms with Crippen LogP contribution in [0, 0.1) is 0 Å². The van der Waals surface area contributed by atoms with E-state index in [1.54, 1.807) is 0 Å². The van der Waals surface area contributed by atoms with E-state index in [0.29, 0.717) is 0 Å². The van der Waals surface area contributed by atoms with E-state index in [1.165, 1.54) is 18.2 Å². The Morgan fingerprint density at radius 2 is 1.93 bits per heavy atom. The zero-order chi connectivity index (χ0) is 10.7. The van der Waals surface area contributed by atoms with E-state index in [4.69, 9.17) is 9.47 Å². The summed E-state index contributed by atoms with van der Waals surface area (Å²) in [5, 5.41) is 0. The molecule has 0 saturated carbocycles. The first-order valence-electron chi connectivity index (χ1n) is 5.05. The van der Waals surface area contributed by atoms with Gasteiger partial charge < -0.3 is 9.47 Å². The van der Waals surface area contributed by atoms with Gasteiger partial charge in [0.1, 0.15) is 12.7 Å². The van der Waals surface area contributed by atoms with Crippen molar-refractivity contribution in [3.8, 4) is 0 Å². The topological polar surface area (TPSA) is 35.5 Å². The Hall–Kier alpha value is -1.35. The van der Waals surface area contributed by atoms with Crippen LogP contribution in [0.15, 0.2) is 24.3 Å². The van der Waals surface area contributed by atoms with Crippen LogP contribution in [-0.4, -0.2) is 25.8 Å². The molecule has 15 heavy (non-hydrogen) atoms. The summed E-state index contributed by atoms with van der Waals surface area (Å²) in [6, 6.07) is 8.19. The molecule has 0 aliphatic heterocycles. The van der Waals surface area contributed by atoms with Gasteiger partial charge in [-0.2, -0.15) is 0 Å².